The van der Waals surface area contributed by atoms with Gasteiger partial charge in [-0.05, 0) is 36.4 Å². The first kappa shape index (κ1) is 15.2. The molecule has 0 aliphatic carbocycles. The van der Waals surface area contributed by atoms with Crippen LogP contribution in [0.2, 0.25) is 5.02 Å². The van der Waals surface area contributed by atoms with E-state index in [0.29, 0.717) is 16.5 Å². The van der Waals surface area contributed by atoms with Gasteiger partial charge in [0.2, 0.25) is 0 Å². The van der Waals surface area contributed by atoms with Crippen molar-refractivity contribution in [3.05, 3.63) is 52.0 Å². The summed E-state index contributed by atoms with van der Waals surface area (Å²) in [6.45, 7) is 0. The van der Waals surface area contributed by atoms with Crippen LogP contribution in [0.4, 0.5) is 5.69 Å². The molecule has 0 bridgehead atoms. The van der Waals surface area contributed by atoms with Crippen molar-refractivity contribution in [2.75, 3.05) is 11.8 Å². The summed E-state index contributed by atoms with van der Waals surface area (Å²) >= 11 is 9.10. The third kappa shape index (κ3) is 3.45. The van der Waals surface area contributed by atoms with Crippen LogP contribution in [0.1, 0.15) is 0 Å². The largest absolute Gasteiger partial charge is 0.495 e. The topological polar surface area (TPSA) is 55.4 Å². The highest BCUT2D eigenvalue weighted by Gasteiger charge is 2.17. The van der Waals surface area contributed by atoms with Gasteiger partial charge >= 0.3 is 0 Å². The van der Waals surface area contributed by atoms with Gasteiger partial charge < -0.3 is 4.74 Å². The van der Waals surface area contributed by atoms with E-state index in [-0.39, 0.29) is 4.90 Å². The Morgan fingerprint density at radius 1 is 1.20 bits per heavy atom. The van der Waals surface area contributed by atoms with Crippen LogP contribution in [0.15, 0.2) is 51.8 Å². The molecule has 0 aliphatic heterocycles. The molecule has 0 heterocycles. The predicted octanol–water partition coefficient (Wildman–Crippen LogP) is 3.91. The minimum absolute atomic E-state index is 0.0898. The second kappa shape index (κ2) is 6.03. The quantitative estimate of drug-likeness (QED) is 0.880. The van der Waals surface area contributed by atoms with Gasteiger partial charge in [-0.25, -0.2) is 8.42 Å². The number of methoxy groups -OCH3 is 1. The van der Waals surface area contributed by atoms with Crippen molar-refractivity contribution in [1.29, 1.82) is 0 Å². The minimum Gasteiger partial charge on any atom is -0.495 e. The first-order valence-electron chi connectivity index (χ1n) is 5.54. The number of rotatable bonds is 4. The molecule has 0 aliphatic rings. The van der Waals surface area contributed by atoms with Gasteiger partial charge in [0.15, 0.2) is 0 Å². The average Bonchev–Trinajstić information content (AvgIpc) is 2.38. The molecule has 106 valence electrons. The molecule has 2 aromatic rings. The van der Waals surface area contributed by atoms with Crippen molar-refractivity contribution >= 4 is 43.2 Å². The minimum atomic E-state index is -3.72. The molecule has 0 aromatic heterocycles. The van der Waals surface area contributed by atoms with Crippen LogP contribution >= 0.6 is 27.5 Å². The highest BCUT2D eigenvalue weighted by atomic mass is 79.9. The van der Waals surface area contributed by atoms with Crippen molar-refractivity contribution in [2.45, 2.75) is 4.90 Å². The Hall–Kier alpha value is -1.24. The van der Waals surface area contributed by atoms with E-state index in [9.17, 15) is 8.42 Å². The molecule has 0 fully saturated rings. The van der Waals surface area contributed by atoms with Crippen LogP contribution in [0.3, 0.4) is 0 Å². The van der Waals surface area contributed by atoms with E-state index in [4.69, 9.17) is 16.3 Å². The lowest BCUT2D eigenvalue weighted by Crippen LogP contribution is -2.13. The highest BCUT2D eigenvalue weighted by molar-refractivity contribution is 9.10. The molecule has 0 radical (unpaired) electrons. The van der Waals surface area contributed by atoms with Crippen molar-refractivity contribution in [1.82, 2.24) is 0 Å². The summed E-state index contributed by atoms with van der Waals surface area (Å²) in [5.74, 6) is 0.429. The Morgan fingerprint density at radius 3 is 2.60 bits per heavy atom. The number of benzene rings is 2. The first-order valence-corrected chi connectivity index (χ1v) is 8.20. The Morgan fingerprint density at radius 2 is 1.95 bits per heavy atom. The Bertz CT molecular complexity index is 734. The van der Waals surface area contributed by atoms with E-state index in [2.05, 4.69) is 20.7 Å². The maximum atomic E-state index is 12.3. The van der Waals surface area contributed by atoms with Crippen LogP contribution in [-0.2, 0) is 10.0 Å². The predicted molar refractivity (Wildman–Crippen MR) is 83.0 cm³/mol. The smallest absolute Gasteiger partial charge is 0.262 e. The molecular formula is C13H11BrClNO3S. The normalized spacial score (nSPS) is 11.2. The lowest BCUT2D eigenvalue weighted by Gasteiger charge is -2.12. The highest BCUT2D eigenvalue weighted by Crippen LogP contribution is 2.30. The van der Waals surface area contributed by atoms with Crippen LogP contribution in [0, 0.1) is 0 Å². The third-order valence-corrected chi connectivity index (χ3v) is 4.60. The first-order chi connectivity index (χ1) is 9.42. The van der Waals surface area contributed by atoms with Gasteiger partial charge in [0.1, 0.15) is 5.75 Å². The number of anilines is 1. The number of sulfonamides is 1. The maximum Gasteiger partial charge on any atom is 0.262 e. The molecular weight excluding hydrogens is 366 g/mol. The van der Waals surface area contributed by atoms with E-state index < -0.39 is 10.0 Å². The summed E-state index contributed by atoms with van der Waals surface area (Å²) in [7, 11) is -2.25. The van der Waals surface area contributed by atoms with E-state index in [1.165, 1.54) is 19.2 Å². The maximum absolute atomic E-state index is 12.3. The lowest BCUT2D eigenvalue weighted by molar-refractivity contribution is 0.417. The molecule has 20 heavy (non-hydrogen) atoms. The van der Waals surface area contributed by atoms with E-state index in [1.54, 1.807) is 30.3 Å². The summed E-state index contributed by atoms with van der Waals surface area (Å²) in [5, 5.41) is 0.356. The summed E-state index contributed by atoms with van der Waals surface area (Å²) in [4.78, 5) is 0.0898. The number of hydrogen-bond donors (Lipinski definition) is 1. The van der Waals surface area contributed by atoms with Gasteiger partial charge in [0.05, 0.1) is 17.7 Å². The monoisotopic (exact) mass is 375 g/mol. The summed E-state index contributed by atoms with van der Waals surface area (Å²) < 4.78 is 32.9. The number of ether oxygens (including phenoxy) is 1. The third-order valence-electron chi connectivity index (χ3n) is 2.51. The van der Waals surface area contributed by atoms with Crippen molar-refractivity contribution in [3.8, 4) is 5.75 Å². The molecule has 0 unspecified atom stereocenters. The summed E-state index contributed by atoms with van der Waals surface area (Å²) in [5.41, 5.74) is 0.349. The zero-order valence-corrected chi connectivity index (χ0v) is 13.6. The van der Waals surface area contributed by atoms with Gasteiger partial charge in [-0.2, -0.15) is 0 Å². The van der Waals surface area contributed by atoms with Gasteiger partial charge in [-0.15, -0.1) is 0 Å². The van der Waals surface area contributed by atoms with Gasteiger partial charge in [0.25, 0.3) is 10.0 Å². The number of nitrogens with one attached hydrogen (secondary N) is 1. The molecule has 0 amide bonds. The van der Waals surface area contributed by atoms with Crippen LogP contribution in [-0.4, -0.2) is 15.5 Å². The summed E-state index contributed by atoms with van der Waals surface area (Å²) in [6, 6.07) is 11.1. The van der Waals surface area contributed by atoms with E-state index in [1.807, 2.05) is 0 Å². The zero-order chi connectivity index (χ0) is 14.8. The molecule has 1 N–H and O–H groups in total. The average molecular weight is 377 g/mol. The fourth-order valence-electron chi connectivity index (χ4n) is 1.60. The Labute approximate surface area is 130 Å². The number of halogens is 2. The van der Waals surface area contributed by atoms with Crippen LogP contribution in [0.5, 0.6) is 5.75 Å². The molecule has 0 saturated carbocycles. The van der Waals surface area contributed by atoms with E-state index in [0.717, 1.165) is 4.47 Å². The van der Waals surface area contributed by atoms with Gasteiger partial charge in [-0.3, -0.25) is 4.72 Å². The van der Waals surface area contributed by atoms with Crippen LogP contribution in [0.25, 0.3) is 0 Å². The zero-order valence-electron chi connectivity index (χ0n) is 10.4. The molecule has 0 atom stereocenters. The molecule has 0 spiro atoms. The summed E-state index contributed by atoms with van der Waals surface area (Å²) in [6.07, 6.45) is 0. The molecule has 4 nitrogen and oxygen atoms in total. The Kier molecular flexibility index (Phi) is 4.57. The second-order valence-electron chi connectivity index (χ2n) is 3.91. The van der Waals surface area contributed by atoms with Crippen LogP contribution < -0.4 is 9.46 Å². The number of hydrogen-bond acceptors (Lipinski definition) is 3. The molecule has 7 heteroatoms. The van der Waals surface area contributed by atoms with Crippen molar-refractivity contribution in [2.24, 2.45) is 0 Å². The Balaban J connectivity index is 2.40. The van der Waals surface area contributed by atoms with Crippen molar-refractivity contribution < 1.29 is 13.2 Å². The fourth-order valence-corrected chi connectivity index (χ4v) is 3.32. The second-order valence-corrected chi connectivity index (χ2v) is 6.94. The van der Waals surface area contributed by atoms with Crippen molar-refractivity contribution in [3.63, 3.8) is 0 Å². The molecule has 2 rings (SSSR count). The standard InChI is InChI=1S/C13H11BrClNO3S/c1-19-13-6-5-9(14)7-12(13)16-20(17,18)11-4-2-3-10(15)8-11/h2-8,16H,1H3. The van der Waals surface area contributed by atoms with Gasteiger partial charge in [0, 0.05) is 9.50 Å². The lowest BCUT2D eigenvalue weighted by atomic mass is 10.3. The fraction of sp³-hybridized carbons (Fsp3) is 0.0769. The molecule has 0 saturated heterocycles. The van der Waals surface area contributed by atoms with E-state index >= 15 is 0 Å². The SMILES string of the molecule is COc1ccc(Br)cc1NS(=O)(=O)c1cccc(Cl)c1. The molecule has 2 aromatic carbocycles. The van der Waals surface area contributed by atoms with Gasteiger partial charge in [-0.1, -0.05) is 33.6 Å².